The average molecular weight is 374 g/mol. The minimum Gasteiger partial charge on any atom is -0.496 e. The lowest BCUT2D eigenvalue weighted by molar-refractivity contribution is 0.0867. The quantitative estimate of drug-likeness (QED) is 0.690. The Morgan fingerprint density at radius 1 is 1.07 bits per heavy atom. The van der Waals surface area contributed by atoms with Crippen molar-refractivity contribution in [2.24, 2.45) is 0 Å². The summed E-state index contributed by atoms with van der Waals surface area (Å²) in [5.74, 6) is 0.837. The van der Waals surface area contributed by atoms with Crippen LogP contribution in [0.2, 0.25) is 0 Å². The van der Waals surface area contributed by atoms with Crippen molar-refractivity contribution < 1.29 is 9.53 Å². The lowest BCUT2D eigenvalue weighted by Crippen LogP contribution is -2.51. The molecule has 0 spiro atoms. The van der Waals surface area contributed by atoms with E-state index in [1.165, 1.54) is 6.42 Å². The van der Waals surface area contributed by atoms with Gasteiger partial charge in [0.25, 0.3) is 5.91 Å². The van der Waals surface area contributed by atoms with Gasteiger partial charge in [-0.05, 0) is 43.0 Å². The number of benzene rings is 2. The van der Waals surface area contributed by atoms with Crippen LogP contribution in [0.25, 0.3) is 10.9 Å². The second kappa shape index (κ2) is 8.01. The summed E-state index contributed by atoms with van der Waals surface area (Å²) in [6.07, 6.45) is 7.91. The second-order valence-electron chi connectivity index (χ2n) is 7.70. The molecule has 0 atom stereocenters. The van der Waals surface area contributed by atoms with Crippen LogP contribution in [0.15, 0.2) is 60.8 Å². The van der Waals surface area contributed by atoms with Crippen molar-refractivity contribution in [1.29, 1.82) is 0 Å². The van der Waals surface area contributed by atoms with Gasteiger partial charge in [-0.3, -0.25) is 9.78 Å². The number of para-hydroxylation sites is 2. The number of hydrogen-bond acceptors (Lipinski definition) is 3. The molecule has 1 fully saturated rings. The van der Waals surface area contributed by atoms with Crippen LogP contribution in [0.3, 0.4) is 0 Å². The van der Waals surface area contributed by atoms with E-state index in [2.05, 4.69) is 16.4 Å². The Morgan fingerprint density at radius 2 is 1.82 bits per heavy atom. The number of methoxy groups -OCH3 is 1. The highest BCUT2D eigenvalue weighted by Gasteiger charge is 2.34. The minimum atomic E-state index is -0.240. The molecular formula is C24H26N2O2. The first-order chi connectivity index (χ1) is 13.7. The summed E-state index contributed by atoms with van der Waals surface area (Å²) in [7, 11) is 1.70. The van der Waals surface area contributed by atoms with Crippen molar-refractivity contribution in [3.05, 3.63) is 71.9 Å². The van der Waals surface area contributed by atoms with Gasteiger partial charge in [-0.25, -0.2) is 0 Å². The number of carbonyl (C=O) groups is 1. The van der Waals surface area contributed by atoms with Crippen molar-refractivity contribution in [3.63, 3.8) is 0 Å². The lowest BCUT2D eigenvalue weighted by atomic mass is 9.77. The van der Waals surface area contributed by atoms with Crippen LogP contribution in [-0.2, 0) is 6.42 Å². The van der Waals surface area contributed by atoms with Gasteiger partial charge in [-0.2, -0.15) is 0 Å². The highest BCUT2D eigenvalue weighted by Crippen LogP contribution is 2.34. The zero-order chi connectivity index (χ0) is 19.4. The van der Waals surface area contributed by atoms with Crippen LogP contribution in [0.5, 0.6) is 5.75 Å². The van der Waals surface area contributed by atoms with Gasteiger partial charge in [-0.15, -0.1) is 0 Å². The molecule has 0 aliphatic heterocycles. The molecule has 144 valence electrons. The van der Waals surface area contributed by atoms with Crippen molar-refractivity contribution in [3.8, 4) is 5.75 Å². The standard InChI is InChI=1S/C24H26N2O2/c1-28-22-12-6-4-10-19(22)16-24(13-7-2-8-14-24)26-23(27)20-15-18-9-3-5-11-21(18)25-17-20/h3-6,9-12,15,17H,2,7-8,13-14,16H2,1H3,(H,26,27). The van der Waals surface area contributed by atoms with Crippen LogP contribution in [0.1, 0.15) is 48.0 Å². The molecule has 1 aromatic heterocycles. The molecule has 0 unspecified atom stereocenters. The fourth-order valence-electron chi connectivity index (χ4n) is 4.30. The number of carbonyl (C=O) groups excluding carboxylic acids is 1. The Morgan fingerprint density at radius 3 is 2.64 bits per heavy atom. The summed E-state index contributed by atoms with van der Waals surface area (Å²) < 4.78 is 5.55. The van der Waals surface area contributed by atoms with E-state index in [9.17, 15) is 4.79 Å². The molecule has 4 nitrogen and oxygen atoms in total. The number of rotatable bonds is 5. The Balaban J connectivity index is 1.61. The fraction of sp³-hybridized carbons (Fsp3) is 0.333. The normalized spacial score (nSPS) is 15.9. The monoisotopic (exact) mass is 374 g/mol. The molecule has 3 aromatic rings. The van der Waals surface area contributed by atoms with Crippen LogP contribution in [-0.4, -0.2) is 23.5 Å². The van der Waals surface area contributed by atoms with E-state index in [0.717, 1.165) is 54.3 Å². The van der Waals surface area contributed by atoms with Crippen LogP contribution >= 0.6 is 0 Å². The van der Waals surface area contributed by atoms with Gasteiger partial charge >= 0.3 is 0 Å². The Kier molecular flexibility index (Phi) is 5.29. The smallest absolute Gasteiger partial charge is 0.253 e. The predicted octanol–water partition coefficient (Wildman–Crippen LogP) is 4.92. The first-order valence-electron chi connectivity index (χ1n) is 9.98. The van der Waals surface area contributed by atoms with Gasteiger partial charge in [0, 0.05) is 17.1 Å². The molecule has 1 N–H and O–H groups in total. The van der Waals surface area contributed by atoms with Crippen molar-refractivity contribution >= 4 is 16.8 Å². The predicted molar refractivity (Wildman–Crippen MR) is 112 cm³/mol. The van der Waals surface area contributed by atoms with Crippen molar-refractivity contribution in [1.82, 2.24) is 10.3 Å². The molecular weight excluding hydrogens is 348 g/mol. The average Bonchev–Trinajstić information content (AvgIpc) is 2.74. The van der Waals surface area contributed by atoms with Gasteiger partial charge in [0.1, 0.15) is 5.75 Å². The summed E-state index contributed by atoms with van der Waals surface area (Å²) in [6.45, 7) is 0. The van der Waals surface area contributed by atoms with E-state index in [0.29, 0.717) is 5.56 Å². The summed E-state index contributed by atoms with van der Waals surface area (Å²) >= 11 is 0. The van der Waals surface area contributed by atoms with Gasteiger partial charge in [0.15, 0.2) is 0 Å². The van der Waals surface area contributed by atoms with Gasteiger partial charge in [0.05, 0.1) is 18.2 Å². The number of nitrogens with one attached hydrogen (secondary N) is 1. The third-order valence-electron chi connectivity index (χ3n) is 5.76. The zero-order valence-electron chi connectivity index (χ0n) is 16.3. The SMILES string of the molecule is COc1ccccc1CC1(NC(=O)c2cnc3ccccc3c2)CCCCC1. The molecule has 1 heterocycles. The third kappa shape index (κ3) is 3.86. The van der Waals surface area contributed by atoms with E-state index < -0.39 is 0 Å². The van der Waals surface area contributed by atoms with E-state index in [1.807, 2.05) is 48.5 Å². The largest absolute Gasteiger partial charge is 0.496 e. The molecule has 0 saturated heterocycles. The zero-order valence-corrected chi connectivity index (χ0v) is 16.3. The van der Waals surface area contributed by atoms with Gasteiger partial charge < -0.3 is 10.1 Å². The first-order valence-corrected chi connectivity index (χ1v) is 9.98. The Bertz CT molecular complexity index is 977. The fourth-order valence-corrected chi connectivity index (χ4v) is 4.30. The number of amides is 1. The maximum absolute atomic E-state index is 13.1. The van der Waals surface area contributed by atoms with Crippen LogP contribution in [0, 0.1) is 0 Å². The number of aromatic nitrogens is 1. The number of ether oxygens (including phenoxy) is 1. The number of pyridine rings is 1. The molecule has 0 radical (unpaired) electrons. The van der Waals surface area contributed by atoms with Gasteiger partial charge in [-0.1, -0.05) is 55.7 Å². The van der Waals surface area contributed by atoms with E-state index in [1.54, 1.807) is 13.3 Å². The Labute approximate surface area is 165 Å². The Hall–Kier alpha value is -2.88. The van der Waals surface area contributed by atoms with E-state index >= 15 is 0 Å². The molecule has 1 amide bonds. The summed E-state index contributed by atoms with van der Waals surface area (Å²) in [5.41, 5.74) is 2.42. The number of fused-ring (bicyclic) bond motifs is 1. The summed E-state index contributed by atoms with van der Waals surface area (Å²) in [5, 5.41) is 4.36. The molecule has 1 aliphatic rings. The second-order valence-corrected chi connectivity index (χ2v) is 7.70. The molecule has 4 rings (SSSR count). The topological polar surface area (TPSA) is 51.2 Å². The highest BCUT2D eigenvalue weighted by atomic mass is 16.5. The number of hydrogen-bond donors (Lipinski definition) is 1. The molecule has 2 aromatic carbocycles. The summed E-state index contributed by atoms with van der Waals surface area (Å²) in [4.78, 5) is 17.6. The molecule has 1 aliphatic carbocycles. The molecule has 28 heavy (non-hydrogen) atoms. The first kappa shape index (κ1) is 18.5. The summed E-state index contributed by atoms with van der Waals surface area (Å²) in [6, 6.07) is 17.9. The maximum atomic E-state index is 13.1. The molecule has 4 heteroatoms. The molecule has 0 bridgehead atoms. The third-order valence-corrected chi connectivity index (χ3v) is 5.76. The lowest BCUT2D eigenvalue weighted by Gasteiger charge is -2.38. The number of nitrogens with zero attached hydrogens (tertiary/aromatic N) is 1. The van der Waals surface area contributed by atoms with Crippen LogP contribution < -0.4 is 10.1 Å². The van der Waals surface area contributed by atoms with Gasteiger partial charge in [0.2, 0.25) is 0 Å². The minimum absolute atomic E-state index is 0.0462. The van der Waals surface area contributed by atoms with E-state index in [4.69, 9.17) is 4.74 Å². The van der Waals surface area contributed by atoms with E-state index in [-0.39, 0.29) is 11.4 Å². The van der Waals surface area contributed by atoms with Crippen molar-refractivity contribution in [2.75, 3.05) is 7.11 Å². The highest BCUT2D eigenvalue weighted by molar-refractivity contribution is 5.97. The van der Waals surface area contributed by atoms with Crippen molar-refractivity contribution in [2.45, 2.75) is 44.1 Å². The van der Waals surface area contributed by atoms with Crippen LogP contribution in [0.4, 0.5) is 0 Å². The molecule has 1 saturated carbocycles. The maximum Gasteiger partial charge on any atom is 0.253 e.